The summed E-state index contributed by atoms with van der Waals surface area (Å²) in [5.74, 6) is -6.21. The maximum absolute atomic E-state index is 13.3. The van der Waals surface area contributed by atoms with E-state index in [0.29, 0.717) is 6.42 Å². The van der Waals surface area contributed by atoms with E-state index in [4.69, 9.17) is 9.84 Å². The van der Waals surface area contributed by atoms with Crippen LogP contribution in [0.1, 0.15) is 24.5 Å². The highest BCUT2D eigenvalue weighted by Crippen LogP contribution is 2.24. The van der Waals surface area contributed by atoms with Crippen molar-refractivity contribution in [1.29, 1.82) is 0 Å². The van der Waals surface area contributed by atoms with Crippen LogP contribution in [0, 0.1) is 23.3 Å². The normalized spacial score (nSPS) is 10.9. The molecule has 0 aliphatic rings. The van der Waals surface area contributed by atoms with Crippen LogP contribution < -0.4 is 0 Å². The lowest BCUT2D eigenvalue weighted by molar-refractivity contribution is 0.115. The summed E-state index contributed by atoms with van der Waals surface area (Å²) >= 11 is 0. The molecule has 6 heteroatoms. The van der Waals surface area contributed by atoms with Gasteiger partial charge < -0.3 is 9.84 Å². The Hall–Kier alpha value is -1.14. The molecular formula is C11H12F4O2. The average molecular weight is 252 g/mol. The quantitative estimate of drug-likeness (QED) is 0.496. The number of aliphatic hydroxyl groups excluding tert-OH is 1. The first kappa shape index (κ1) is 13.9. The Morgan fingerprint density at radius 2 is 1.41 bits per heavy atom. The molecule has 17 heavy (non-hydrogen) atoms. The third-order valence-corrected chi connectivity index (χ3v) is 2.20. The highest BCUT2D eigenvalue weighted by molar-refractivity contribution is 5.29. The van der Waals surface area contributed by atoms with Gasteiger partial charge in [-0.2, -0.15) is 0 Å². The van der Waals surface area contributed by atoms with Crippen LogP contribution in [-0.2, 0) is 18.0 Å². The van der Waals surface area contributed by atoms with E-state index < -0.39 is 47.6 Å². The molecule has 0 bridgehead atoms. The molecule has 0 aromatic heterocycles. The van der Waals surface area contributed by atoms with Crippen molar-refractivity contribution in [2.75, 3.05) is 6.61 Å². The number of rotatable bonds is 5. The predicted molar refractivity (Wildman–Crippen MR) is 52.1 cm³/mol. The summed E-state index contributed by atoms with van der Waals surface area (Å²) in [7, 11) is 0. The van der Waals surface area contributed by atoms with E-state index in [-0.39, 0.29) is 6.61 Å². The van der Waals surface area contributed by atoms with Gasteiger partial charge in [-0.15, -0.1) is 0 Å². The molecule has 0 amide bonds. The highest BCUT2D eigenvalue weighted by atomic mass is 19.2. The lowest BCUT2D eigenvalue weighted by atomic mass is 10.1. The molecule has 2 nitrogen and oxygen atoms in total. The third-order valence-electron chi connectivity index (χ3n) is 2.20. The van der Waals surface area contributed by atoms with Gasteiger partial charge in [-0.25, -0.2) is 17.6 Å². The van der Waals surface area contributed by atoms with Crippen molar-refractivity contribution in [3.05, 3.63) is 34.4 Å². The monoisotopic (exact) mass is 252 g/mol. The number of hydrogen-bond acceptors (Lipinski definition) is 2. The minimum Gasteiger partial charge on any atom is -0.391 e. The van der Waals surface area contributed by atoms with E-state index in [1.165, 1.54) is 0 Å². The molecule has 0 unspecified atom stereocenters. The molecule has 0 aliphatic carbocycles. The van der Waals surface area contributed by atoms with Gasteiger partial charge >= 0.3 is 0 Å². The van der Waals surface area contributed by atoms with Gasteiger partial charge in [-0.05, 0) is 6.42 Å². The Labute approximate surface area is 95.8 Å². The molecule has 1 aromatic carbocycles. The van der Waals surface area contributed by atoms with Gasteiger partial charge in [0.15, 0.2) is 23.3 Å². The number of aliphatic hydroxyl groups is 1. The van der Waals surface area contributed by atoms with Crippen LogP contribution in [0.4, 0.5) is 17.6 Å². The lowest BCUT2D eigenvalue weighted by Gasteiger charge is -2.10. The second kappa shape index (κ2) is 5.97. The summed E-state index contributed by atoms with van der Waals surface area (Å²) in [6.45, 7) is 0.346. The molecule has 96 valence electrons. The maximum Gasteiger partial charge on any atom is 0.167 e. The summed E-state index contributed by atoms with van der Waals surface area (Å²) in [5, 5.41) is 8.61. The molecule has 1 N–H and O–H groups in total. The summed E-state index contributed by atoms with van der Waals surface area (Å²) < 4.78 is 58.0. The molecule has 0 saturated carbocycles. The molecular weight excluding hydrogens is 240 g/mol. The van der Waals surface area contributed by atoms with Crippen LogP contribution in [0.2, 0.25) is 0 Å². The Balaban J connectivity index is 3.13. The third kappa shape index (κ3) is 2.76. The van der Waals surface area contributed by atoms with Crippen LogP contribution in [0.15, 0.2) is 0 Å². The summed E-state index contributed by atoms with van der Waals surface area (Å²) in [6, 6.07) is 0. The van der Waals surface area contributed by atoms with Crippen LogP contribution in [0.5, 0.6) is 0 Å². The number of benzene rings is 1. The zero-order valence-corrected chi connectivity index (χ0v) is 9.20. The average Bonchev–Trinajstić information content (AvgIpc) is 2.32. The molecule has 0 saturated heterocycles. The SMILES string of the molecule is CCCOCc1c(F)c(F)c(CO)c(F)c1F. The van der Waals surface area contributed by atoms with Crippen molar-refractivity contribution < 1.29 is 27.4 Å². The maximum atomic E-state index is 13.3. The van der Waals surface area contributed by atoms with E-state index in [2.05, 4.69) is 0 Å². The Kier molecular flexibility index (Phi) is 4.89. The van der Waals surface area contributed by atoms with Crippen molar-refractivity contribution in [2.45, 2.75) is 26.6 Å². The van der Waals surface area contributed by atoms with E-state index in [0.717, 1.165) is 0 Å². The summed E-state index contributed by atoms with van der Waals surface area (Å²) in [4.78, 5) is 0. The number of halogens is 4. The first-order valence-corrected chi connectivity index (χ1v) is 5.06. The van der Waals surface area contributed by atoms with Gasteiger partial charge in [0.2, 0.25) is 0 Å². The molecule has 0 radical (unpaired) electrons. The number of ether oxygens (including phenoxy) is 1. The largest absolute Gasteiger partial charge is 0.391 e. The van der Waals surface area contributed by atoms with Gasteiger partial charge in [0, 0.05) is 6.61 Å². The minimum absolute atomic E-state index is 0.226. The van der Waals surface area contributed by atoms with Crippen molar-refractivity contribution in [2.24, 2.45) is 0 Å². The second-order valence-corrected chi connectivity index (χ2v) is 3.42. The minimum atomic E-state index is -1.58. The summed E-state index contributed by atoms with van der Waals surface area (Å²) in [5.41, 5.74) is -1.81. The van der Waals surface area contributed by atoms with Gasteiger partial charge in [-0.3, -0.25) is 0 Å². The Bertz CT molecular complexity index is 378. The van der Waals surface area contributed by atoms with E-state index in [9.17, 15) is 17.6 Å². The second-order valence-electron chi connectivity index (χ2n) is 3.42. The fraction of sp³-hybridized carbons (Fsp3) is 0.455. The molecule has 0 atom stereocenters. The molecule has 1 aromatic rings. The van der Waals surface area contributed by atoms with E-state index >= 15 is 0 Å². The van der Waals surface area contributed by atoms with Crippen LogP contribution in [0.3, 0.4) is 0 Å². The Morgan fingerprint density at radius 1 is 0.941 bits per heavy atom. The van der Waals surface area contributed by atoms with Crippen molar-refractivity contribution in [1.82, 2.24) is 0 Å². The van der Waals surface area contributed by atoms with Gasteiger partial charge in [-0.1, -0.05) is 6.92 Å². The number of hydrogen-bond donors (Lipinski definition) is 1. The van der Waals surface area contributed by atoms with E-state index in [1.807, 2.05) is 0 Å². The lowest BCUT2D eigenvalue weighted by Crippen LogP contribution is -2.10. The molecule has 0 spiro atoms. The van der Waals surface area contributed by atoms with Crippen LogP contribution >= 0.6 is 0 Å². The fourth-order valence-electron chi connectivity index (χ4n) is 1.31. The first-order valence-electron chi connectivity index (χ1n) is 5.06. The topological polar surface area (TPSA) is 29.5 Å². The van der Waals surface area contributed by atoms with Crippen LogP contribution in [0.25, 0.3) is 0 Å². The smallest absolute Gasteiger partial charge is 0.167 e. The highest BCUT2D eigenvalue weighted by Gasteiger charge is 2.24. The first-order chi connectivity index (χ1) is 8.04. The van der Waals surface area contributed by atoms with Gasteiger partial charge in [0.1, 0.15) is 0 Å². The van der Waals surface area contributed by atoms with Crippen molar-refractivity contribution in [3.8, 4) is 0 Å². The van der Waals surface area contributed by atoms with E-state index in [1.54, 1.807) is 6.92 Å². The van der Waals surface area contributed by atoms with Gasteiger partial charge in [0.25, 0.3) is 0 Å². The van der Waals surface area contributed by atoms with Crippen molar-refractivity contribution >= 4 is 0 Å². The van der Waals surface area contributed by atoms with Crippen LogP contribution in [-0.4, -0.2) is 11.7 Å². The molecule has 0 aliphatic heterocycles. The summed E-state index contributed by atoms with van der Waals surface area (Å²) in [6.07, 6.45) is 0.614. The zero-order chi connectivity index (χ0) is 13.0. The zero-order valence-electron chi connectivity index (χ0n) is 9.20. The molecule has 0 heterocycles. The Morgan fingerprint density at radius 3 is 1.82 bits per heavy atom. The molecule has 1 rings (SSSR count). The fourth-order valence-corrected chi connectivity index (χ4v) is 1.31. The predicted octanol–water partition coefficient (Wildman–Crippen LogP) is 2.66. The van der Waals surface area contributed by atoms with Crippen molar-refractivity contribution in [3.63, 3.8) is 0 Å². The van der Waals surface area contributed by atoms with Gasteiger partial charge in [0.05, 0.1) is 24.3 Å². The standard InChI is InChI=1S/C11H12F4O2/c1-2-3-17-5-7-10(14)8(12)6(4-16)9(13)11(7)15/h16H,2-5H2,1H3. The molecule has 0 fully saturated rings.